The van der Waals surface area contributed by atoms with Crippen LogP contribution in [0.4, 0.5) is 5.69 Å². The van der Waals surface area contributed by atoms with E-state index in [4.69, 9.17) is 4.74 Å². The Morgan fingerprint density at radius 2 is 1.74 bits per heavy atom. The van der Waals surface area contributed by atoms with Crippen molar-refractivity contribution in [3.05, 3.63) is 53.6 Å². The summed E-state index contributed by atoms with van der Waals surface area (Å²) >= 11 is 0. The first-order valence-electron chi connectivity index (χ1n) is 7.63. The molecule has 1 rings (SSSR count). The molecule has 0 saturated carbocycles. The van der Waals surface area contributed by atoms with Crippen LogP contribution in [-0.4, -0.2) is 34.3 Å². The Morgan fingerprint density at radius 1 is 1.13 bits per heavy atom. The third kappa shape index (κ3) is 5.91. The number of carbonyl (C=O) groups is 1. The Hall–Kier alpha value is -2.07. The summed E-state index contributed by atoms with van der Waals surface area (Å²) in [5, 5.41) is 0. The molecular formula is C19H27NO3. The van der Waals surface area contributed by atoms with Gasteiger partial charge in [-0.3, -0.25) is 0 Å². The molecule has 0 aromatic heterocycles. The van der Waals surface area contributed by atoms with Crippen molar-refractivity contribution in [1.82, 2.24) is 0 Å². The maximum atomic E-state index is 11.1. The predicted octanol–water partition coefficient (Wildman–Crippen LogP) is 3.75. The van der Waals surface area contributed by atoms with E-state index in [0.717, 1.165) is 16.8 Å². The van der Waals surface area contributed by atoms with E-state index in [1.54, 1.807) is 13.2 Å². The Balaban J connectivity index is 2.87. The highest BCUT2D eigenvalue weighted by molar-refractivity contribution is 5.82. The van der Waals surface area contributed by atoms with Crippen molar-refractivity contribution in [3.8, 4) is 0 Å². The molecule has 1 aromatic rings. The molecule has 0 fully saturated rings. The van der Waals surface area contributed by atoms with Crippen molar-refractivity contribution in [3.63, 3.8) is 0 Å². The van der Waals surface area contributed by atoms with Crippen molar-refractivity contribution >= 4 is 11.7 Å². The van der Waals surface area contributed by atoms with E-state index >= 15 is 0 Å². The first-order valence-corrected chi connectivity index (χ1v) is 7.63. The number of methoxy groups -OCH3 is 2. The molecule has 0 bridgehead atoms. The molecule has 0 aliphatic heterocycles. The molecule has 4 heteroatoms. The van der Waals surface area contributed by atoms with Crippen LogP contribution in [0, 0.1) is 5.92 Å². The smallest absolute Gasteiger partial charge is 0.330 e. The number of hydrogen-bond acceptors (Lipinski definition) is 4. The lowest BCUT2D eigenvalue weighted by Crippen LogP contribution is -2.12. The lowest BCUT2D eigenvalue weighted by Gasteiger charge is -2.22. The van der Waals surface area contributed by atoms with E-state index in [9.17, 15) is 4.79 Å². The van der Waals surface area contributed by atoms with E-state index in [2.05, 4.69) is 46.9 Å². The first kappa shape index (κ1) is 19.0. The molecule has 0 radical (unpaired) electrons. The van der Waals surface area contributed by atoms with E-state index in [-0.39, 0.29) is 18.0 Å². The Morgan fingerprint density at radius 3 is 2.22 bits per heavy atom. The highest BCUT2D eigenvalue weighted by atomic mass is 16.5. The number of carbonyl (C=O) groups excluding carboxylic acids is 1. The van der Waals surface area contributed by atoms with Crippen molar-refractivity contribution in [2.24, 2.45) is 5.92 Å². The van der Waals surface area contributed by atoms with Crippen LogP contribution in [0.3, 0.4) is 0 Å². The summed E-state index contributed by atoms with van der Waals surface area (Å²) in [6.45, 7) is 4.06. The SMILES string of the molecule is COC(=O)/C=C/C(C)=C/[C@@H](C)[C@@H](OC)c1ccc(N(C)C)cc1. The second-order valence-electron chi connectivity index (χ2n) is 5.77. The zero-order valence-corrected chi connectivity index (χ0v) is 14.9. The summed E-state index contributed by atoms with van der Waals surface area (Å²) in [7, 11) is 7.12. The van der Waals surface area contributed by atoms with Gasteiger partial charge in [0, 0.05) is 38.9 Å². The zero-order valence-electron chi connectivity index (χ0n) is 14.9. The van der Waals surface area contributed by atoms with Gasteiger partial charge in [-0.15, -0.1) is 0 Å². The van der Waals surface area contributed by atoms with Gasteiger partial charge in [0.15, 0.2) is 0 Å². The van der Waals surface area contributed by atoms with Crippen LogP contribution in [-0.2, 0) is 14.3 Å². The van der Waals surface area contributed by atoms with Gasteiger partial charge in [0.05, 0.1) is 13.2 Å². The molecule has 0 spiro atoms. The topological polar surface area (TPSA) is 38.8 Å². The van der Waals surface area contributed by atoms with Gasteiger partial charge in [0.1, 0.15) is 0 Å². The fraction of sp³-hybridized carbons (Fsp3) is 0.421. The first-order chi connectivity index (χ1) is 10.9. The average Bonchev–Trinajstić information content (AvgIpc) is 2.53. The van der Waals surface area contributed by atoms with Crippen LogP contribution in [0.25, 0.3) is 0 Å². The van der Waals surface area contributed by atoms with E-state index in [1.165, 1.54) is 13.2 Å². The van der Waals surface area contributed by atoms with Gasteiger partial charge < -0.3 is 14.4 Å². The highest BCUT2D eigenvalue weighted by Crippen LogP contribution is 2.28. The van der Waals surface area contributed by atoms with E-state index in [1.807, 2.05) is 21.0 Å². The molecule has 0 unspecified atom stereocenters. The minimum atomic E-state index is -0.354. The van der Waals surface area contributed by atoms with Gasteiger partial charge in [-0.1, -0.05) is 36.8 Å². The molecule has 0 aliphatic carbocycles. The largest absolute Gasteiger partial charge is 0.466 e. The molecule has 0 heterocycles. The van der Waals surface area contributed by atoms with Gasteiger partial charge in [-0.25, -0.2) is 4.79 Å². The molecule has 0 saturated heterocycles. The van der Waals surface area contributed by atoms with Gasteiger partial charge in [-0.05, 0) is 24.6 Å². The minimum Gasteiger partial charge on any atom is -0.466 e. The maximum Gasteiger partial charge on any atom is 0.330 e. The molecule has 1 aromatic carbocycles. The number of allylic oxidation sites excluding steroid dienone is 2. The quantitative estimate of drug-likeness (QED) is 0.436. The Bertz CT molecular complexity index is 558. The third-order valence-electron chi connectivity index (χ3n) is 3.68. The predicted molar refractivity (Wildman–Crippen MR) is 94.6 cm³/mol. The Kier molecular flexibility index (Phi) is 7.55. The van der Waals surface area contributed by atoms with E-state index < -0.39 is 0 Å². The number of hydrogen-bond donors (Lipinski definition) is 0. The summed E-state index contributed by atoms with van der Waals surface area (Å²) in [4.78, 5) is 13.2. The van der Waals surface area contributed by atoms with E-state index in [0.29, 0.717) is 0 Å². The summed E-state index contributed by atoms with van der Waals surface area (Å²) in [6, 6.07) is 8.35. The van der Waals surface area contributed by atoms with Gasteiger partial charge >= 0.3 is 5.97 Å². The lowest BCUT2D eigenvalue weighted by molar-refractivity contribution is -0.134. The average molecular weight is 317 g/mol. The van der Waals surface area contributed by atoms with Crippen LogP contribution in [0.5, 0.6) is 0 Å². The number of rotatable bonds is 7. The summed E-state index contributed by atoms with van der Waals surface area (Å²) in [5.74, 6) is -0.180. The van der Waals surface area contributed by atoms with Crippen molar-refractivity contribution < 1.29 is 14.3 Å². The second-order valence-corrected chi connectivity index (χ2v) is 5.77. The van der Waals surface area contributed by atoms with Crippen LogP contribution in [0.2, 0.25) is 0 Å². The van der Waals surface area contributed by atoms with Crippen LogP contribution in [0.15, 0.2) is 48.1 Å². The fourth-order valence-corrected chi connectivity index (χ4v) is 2.44. The molecule has 2 atom stereocenters. The number of nitrogens with zero attached hydrogens (tertiary/aromatic N) is 1. The standard InChI is InChI=1S/C19H27NO3/c1-14(7-12-18(21)22-5)13-15(2)19(23-6)16-8-10-17(11-9-16)20(3)4/h7-13,15,19H,1-6H3/b12-7+,14-13+/t15-,19-/m1/s1. The van der Waals surface area contributed by atoms with Crippen LogP contribution in [0.1, 0.15) is 25.5 Å². The van der Waals surface area contributed by atoms with Gasteiger partial charge in [0.25, 0.3) is 0 Å². The summed E-state index contributed by atoms with van der Waals surface area (Å²) in [6.07, 6.45) is 5.23. The molecule has 0 aliphatic rings. The maximum absolute atomic E-state index is 11.1. The number of esters is 1. The Labute approximate surface area is 139 Å². The normalized spacial score (nSPS) is 14.6. The summed E-state index contributed by atoms with van der Waals surface area (Å²) in [5.41, 5.74) is 3.28. The molecule has 0 N–H and O–H groups in total. The second kappa shape index (κ2) is 9.16. The number of ether oxygens (including phenoxy) is 2. The zero-order chi connectivity index (χ0) is 17.4. The molecule has 23 heavy (non-hydrogen) atoms. The third-order valence-corrected chi connectivity index (χ3v) is 3.68. The molecule has 0 amide bonds. The summed E-state index contributed by atoms with van der Waals surface area (Å²) < 4.78 is 10.3. The van der Waals surface area contributed by atoms with Crippen molar-refractivity contribution in [2.45, 2.75) is 20.0 Å². The highest BCUT2D eigenvalue weighted by Gasteiger charge is 2.17. The lowest BCUT2D eigenvalue weighted by atomic mass is 9.95. The van der Waals surface area contributed by atoms with Gasteiger partial charge in [-0.2, -0.15) is 0 Å². The van der Waals surface area contributed by atoms with Crippen LogP contribution < -0.4 is 4.90 Å². The molecular weight excluding hydrogens is 290 g/mol. The van der Waals surface area contributed by atoms with Gasteiger partial charge in [0.2, 0.25) is 0 Å². The fourth-order valence-electron chi connectivity index (χ4n) is 2.44. The monoisotopic (exact) mass is 317 g/mol. The molecule has 126 valence electrons. The van der Waals surface area contributed by atoms with Crippen LogP contribution >= 0.6 is 0 Å². The number of benzene rings is 1. The molecule has 4 nitrogen and oxygen atoms in total. The minimum absolute atomic E-state index is 0.0345. The number of anilines is 1. The van der Waals surface area contributed by atoms with Crippen molar-refractivity contribution in [1.29, 1.82) is 0 Å². The van der Waals surface area contributed by atoms with Crippen molar-refractivity contribution in [2.75, 3.05) is 33.2 Å².